The van der Waals surface area contributed by atoms with Gasteiger partial charge in [-0.05, 0) is 34.4 Å². The summed E-state index contributed by atoms with van der Waals surface area (Å²) in [6.45, 7) is 9.12. The molecule has 1 aromatic heterocycles. The fourth-order valence-corrected chi connectivity index (χ4v) is 5.51. The summed E-state index contributed by atoms with van der Waals surface area (Å²) in [4.78, 5) is 13.4. The molecular weight excluding hydrogens is 330 g/mol. The van der Waals surface area contributed by atoms with Gasteiger partial charge < -0.3 is 4.57 Å². The Labute approximate surface area is 158 Å². The molecule has 0 saturated heterocycles. The summed E-state index contributed by atoms with van der Waals surface area (Å²) in [6, 6.07) is 19.1. The first-order valence-electron chi connectivity index (χ1n) is 9.61. The van der Waals surface area contributed by atoms with Crippen LogP contribution in [-0.2, 0) is 10.8 Å². The average Bonchev–Trinajstić information content (AvgIpc) is 2.66. The highest BCUT2D eigenvalue weighted by Gasteiger charge is 2.42. The number of rotatable bonds is 0. The Morgan fingerprint density at radius 1 is 0.630 bits per heavy atom. The van der Waals surface area contributed by atoms with E-state index in [0.717, 1.165) is 21.8 Å². The average molecular weight is 351 g/mol. The lowest BCUT2D eigenvalue weighted by Gasteiger charge is -2.43. The molecule has 3 heterocycles. The maximum atomic E-state index is 13.4. The predicted octanol–water partition coefficient (Wildman–Crippen LogP) is 5.42. The largest absolute Gasteiger partial charge is 0.308 e. The van der Waals surface area contributed by atoms with Gasteiger partial charge in [-0.25, -0.2) is 0 Å². The molecule has 0 unspecified atom stereocenters. The highest BCUT2D eigenvalue weighted by atomic mass is 16.1. The molecule has 0 fully saturated rings. The molecule has 2 aliphatic heterocycles. The maximum absolute atomic E-state index is 13.4. The molecule has 132 valence electrons. The van der Waals surface area contributed by atoms with Crippen molar-refractivity contribution in [3.8, 4) is 5.69 Å². The van der Waals surface area contributed by atoms with E-state index in [1.807, 2.05) is 24.3 Å². The van der Waals surface area contributed by atoms with Gasteiger partial charge in [0, 0.05) is 21.6 Å². The highest BCUT2D eigenvalue weighted by Crippen LogP contribution is 2.52. The minimum atomic E-state index is -0.146. The zero-order valence-electron chi connectivity index (χ0n) is 16.1. The van der Waals surface area contributed by atoms with Crippen LogP contribution in [0.4, 0.5) is 0 Å². The number of hydrogen-bond donors (Lipinski definition) is 0. The Bertz CT molecular complexity index is 1290. The molecule has 0 atom stereocenters. The lowest BCUT2D eigenvalue weighted by molar-refractivity contribution is 0.592. The minimum absolute atomic E-state index is 0.146. The van der Waals surface area contributed by atoms with Crippen LogP contribution in [0, 0.1) is 0 Å². The second-order valence-electron chi connectivity index (χ2n) is 9.02. The molecule has 0 N–H and O–H groups in total. The van der Waals surface area contributed by atoms with Gasteiger partial charge in [0.1, 0.15) is 0 Å². The molecule has 2 nitrogen and oxygen atoms in total. The van der Waals surface area contributed by atoms with Crippen molar-refractivity contribution in [1.29, 1.82) is 0 Å². The summed E-state index contributed by atoms with van der Waals surface area (Å²) in [7, 11) is 0. The van der Waals surface area contributed by atoms with E-state index in [1.54, 1.807) is 0 Å². The summed E-state index contributed by atoms with van der Waals surface area (Å²) in [5.74, 6) is 0. The molecule has 0 bridgehead atoms. The van der Waals surface area contributed by atoms with Gasteiger partial charge in [-0.3, -0.25) is 4.79 Å². The Morgan fingerprint density at radius 3 is 1.52 bits per heavy atom. The second-order valence-corrected chi connectivity index (χ2v) is 9.02. The third-order valence-electron chi connectivity index (χ3n) is 6.96. The first-order valence-corrected chi connectivity index (χ1v) is 9.61. The summed E-state index contributed by atoms with van der Waals surface area (Å²) in [6.07, 6.45) is 0. The monoisotopic (exact) mass is 351 g/mol. The fraction of sp³-hybridized carbons (Fsp3) is 0.240. The predicted molar refractivity (Wildman–Crippen MR) is 111 cm³/mol. The molecule has 0 aliphatic carbocycles. The van der Waals surface area contributed by atoms with Crippen LogP contribution < -0.4 is 5.43 Å². The quantitative estimate of drug-likeness (QED) is 0.388. The molecule has 2 heteroatoms. The number of para-hydroxylation sites is 3. The molecule has 2 aliphatic rings. The van der Waals surface area contributed by atoms with E-state index in [0.29, 0.717) is 0 Å². The SMILES string of the molecule is CC1(C)c2cccc3c2-n2c4c1cccc4c(=O)c1cccc(c12)C3(C)C. The van der Waals surface area contributed by atoms with Gasteiger partial charge in [0.05, 0.1) is 16.7 Å². The van der Waals surface area contributed by atoms with E-state index in [1.165, 1.54) is 27.9 Å². The van der Waals surface area contributed by atoms with Crippen molar-refractivity contribution in [1.82, 2.24) is 4.57 Å². The van der Waals surface area contributed by atoms with Gasteiger partial charge >= 0.3 is 0 Å². The second kappa shape index (κ2) is 4.33. The first-order chi connectivity index (χ1) is 12.8. The van der Waals surface area contributed by atoms with Crippen molar-refractivity contribution in [2.24, 2.45) is 0 Å². The van der Waals surface area contributed by atoms with Gasteiger partial charge in [0.2, 0.25) is 0 Å². The summed E-state index contributed by atoms with van der Waals surface area (Å²) in [5.41, 5.74) is 8.46. The van der Waals surface area contributed by atoms with Crippen molar-refractivity contribution < 1.29 is 0 Å². The Kier molecular flexibility index (Phi) is 2.44. The fourth-order valence-electron chi connectivity index (χ4n) is 5.51. The van der Waals surface area contributed by atoms with E-state index in [9.17, 15) is 4.79 Å². The van der Waals surface area contributed by atoms with Crippen LogP contribution in [0.2, 0.25) is 0 Å². The summed E-state index contributed by atoms with van der Waals surface area (Å²) >= 11 is 0. The van der Waals surface area contributed by atoms with E-state index in [-0.39, 0.29) is 16.3 Å². The van der Waals surface area contributed by atoms with E-state index < -0.39 is 0 Å². The molecule has 0 amide bonds. The normalized spacial score (nSPS) is 17.6. The van der Waals surface area contributed by atoms with Crippen LogP contribution in [0.25, 0.3) is 27.5 Å². The summed E-state index contributed by atoms with van der Waals surface area (Å²) < 4.78 is 2.39. The third kappa shape index (κ3) is 1.49. The number of hydrogen-bond acceptors (Lipinski definition) is 1. The van der Waals surface area contributed by atoms with E-state index in [2.05, 4.69) is 62.6 Å². The Balaban J connectivity index is 2.09. The van der Waals surface area contributed by atoms with Crippen LogP contribution in [-0.4, -0.2) is 4.57 Å². The number of nitrogens with zero attached hydrogens (tertiary/aromatic N) is 1. The number of benzene rings is 3. The Morgan fingerprint density at radius 2 is 1.04 bits per heavy atom. The minimum Gasteiger partial charge on any atom is -0.308 e. The lowest BCUT2D eigenvalue weighted by Crippen LogP contribution is -2.35. The van der Waals surface area contributed by atoms with Crippen LogP contribution in [0.5, 0.6) is 0 Å². The molecule has 0 saturated carbocycles. The molecule has 27 heavy (non-hydrogen) atoms. The van der Waals surface area contributed by atoms with Crippen molar-refractivity contribution in [3.05, 3.63) is 87.1 Å². The van der Waals surface area contributed by atoms with Crippen LogP contribution in [0.15, 0.2) is 59.4 Å². The van der Waals surface area contributed by atoms with Crippen molar-refractivity contribution in [3.63, 3.8) is 0 Å². The van der Waals surface area contributed by atoms with Crippen LogP contribution >= 0.6 is 0 Å². The number of aromatic nitrogens is 1. The van der Waals surface area contributed by atoms with Gasteiger partial charge in [-0.1, -0.05) is 70.2 Å². The van der Waals surface area contributed by atoms with Crippen molar-refractivity contribution in [2.45, 2.75) is 38.5 Å². The molecule has 0 spiro atoms. The van der Waals surface area contributed by atoms with Gasteiger partial charge in [-0.15, -0.1) is 0 Å². The topological polar surface area (TPSA) is 22.0 Å². The number of pyridine rings is 1. The first kappa shape index (κ1) is 15.2. The zero-order chi connectivity index (χ0) is 18.7. The van der Waals surface area contributed by atoms with Gasteiger partial charge in [0.25, 0.3) is 0 Å². The van der Waals surface area contributed by atoms with Crippen molar-refractivity contribution in [2.75, 3.05) is 0 Å². The van der Waals surface area contributed by atoms with E-state index >= 15 is 0 Å². The zero-order valence-corrected chi connectivity index (χ0v) is 16.1. The Hall–Kier alpha value is -2.87. The highest BCUT2D eigenvalue weighted by molar-refractivity contribution is 6.02. The molecule has 0 radical (unpaired) electrons. The standard InChI is InChI=1S/C25H21NO/c1-24(2)16-10-5-8-14-20(16)26-21-15(23(14)27)9-6-11-17(21)25(3,4)19-13-7-12-18(24)22(19)26/h5-13H,1-4H3. The van der Waals surface area contributed by atoms with Crippen LogP contribution in [0.1, 0.15) is 49.9 Å². The maximum Gasteiger partial charge on any atom is 0.197 e. The summed E-state index contributed by atoms with van der Waals surface area (Å²) in [5, 5.41) is 1.65. The lowest BCUT2D eigenvalue weighted by atomic mass is 9.67. The molecule has 6 rings (SSSR count). The molecule has 3 aromatic carbocycles. The molecule has 4 aromatic rings. The van der Waals surface area contributed by atoms with Crippen molar-refractivity contribution >= 4 is 21.8 Å². The van der Waals surface area contributed by atoms with Gasteiger partial charge in [-0.2, -0.15) is 0 Å². The smallest absolute Gasteiger partial charge is 0.197 e. The van der Waals surface area contributed by atoms with Gasteiger partial charge in [0.15, 0.2) is 5.43 Å². The van der Waals surface area contributed by atoms with E-state index in [4.69, 9.17) is 0 Å². The third-order valence-corrected chi connectivity index (χ3v) is 6.96. The molecular formula is C25H21NO. The van der Waals surface area contributed by atoms with Crippen LogP contribution in [0.3, 0.4) is 0 Å².